The summed E-state index contributed by atoms with van der Waals surface area (Å²) in [4.78, 5) is 22.6. The molecule has 0 atom stereocenters. The molecule has 1 aromatic carbocycles. The first-order chi connectivity index (χ1) is 10.1. The predicted octanol–water partition coefficient (Wildman–Crippen LogP) is 1.30. The summed E-state index contributed by atoms with van der Waals surface area (Å²) < 4.78 is 3.10. The smallest absolute Gasteiger partial charge is 0.318 e. The second-order valence-electron chi connectivity index (χ2n) is 4.61. The minimum atomic E-state index is -0.510. The fourth-order valence-corrected chi connectivity index (χ4v) is 2.21. The molecule has 1 aromatic heterocycles. The van der Waals surface area contributed by atoms with Crippen molar-refractivity contribution >= 4 is 11.4 Å². The normalized spacial score (nSPS) is 10.6. The number of hydrogen-bond acceptors (Lipinski definition) is 5. The lowest BCUT2D eigenvalue weighted by atomic mass is 10.1. The molecule has 8 heteroatoms. The van der Waals surface area contributed by atoms with Gasteiger partial charge in [0.15, 0.2) is 0 Å². The SMILES string of the molecule is CCCn1ccn(Cc2cccc([N+](=O)[O-])c2NN)c1=O. The number of nitrogen functional groups attached to an aromatic ring is 1. The number of aromatic nitrogens is 2. The first-order valence-corrected chi connectivity index (χ1v) is 6.57. The Balaban J connectivity index is 2.38. The van der Waals surface area contributed by atoms with Gasteiger partial charge in [0, 0.05) is 30.6 Å². The first-order valence-electron chi connectivity index (χ1n) is 6.57. The van der Waals surface area contributed by atoms with Gasteiger partial charge in [0.25, 0.3) is 5.69 Å². The highest BCUT2D eigenvalue weighted by Gasteiger charge is 2.17. The number of imidazole rings is 1. The van der Waals surface area contributed by atoms with Gasteiger partial charge in [0.05, 0.1) is 11.5 Å². The standard InChI is InChI=1S/C13H17N5O3/c1-2-6-16-7-8-17(13(16)19)9-10-4-3-5-11(18(20)21)12(10)15-14/h3-5,7-8,15H,2,6,9,14H2,1H3. The van der Waals surface area contributed by atoms with Gasteiger partial charge in [0.2, 0.25) is 0 Å². The molecule has 0 amide bonds. The average molecular weight is 291 g/mol. The van der Waals surface area contributed by atoms with Gasteiger partial charge < -0.3 is 5.43 Å². The number of benzene rings is 1. The van der Waals surface area contributed by atoms with Crippen LogP contribution in [0, 0.1) is 10.1 Å². The van der Waals surface area contributed by atoms with E-state index in [1.807, 2.05) is 6.92 Å². The van der Waals surface area contributed by atoms with E-state index in [9.17, 15) is 14.9 Å². The number of nitro benzene ring substituents is 1. The van der Waals surface area contributed by atoms with Crippen molar-refractivity contribution in [2.75, 3.05) is 5.43 Å². The summed E-state index contributed by atoms with van der Waals surface area (Å²) in [5.41, 5.74) is 2.90. The fraction of sp³-hybridized carbons (Fsp3) is 0.308. The zero-order valence-corrected chi connectivity index (χ0v) is 11.7. The fourth-order valence-electron chi connectivity index (χ4n) is 2.21. The number of nitro groups is 1. The Labute approximate surface area is 120 Å². The summed E-state index contributed by atoms with van der Waals surface area (Å²) in [6.07, 6.45) is 4.23. The second kappa shape index (κ2) is 6.23. The van der Waals surface area contributed by atoms with Crippen LogP contribution in [-0.2, 0) is 13.1 Å². The number of para-hydroxylation sites is 1. The number of hydrogen-bond donors (Lipinski definition) is 2. The first kappa shape index (κ1) is 14.8. The molecular weight excluding hydrogens is 274 g/mol. The molecule has 8 nitrogen and oxygen atoms in total. The van der Waals surface area contributed by atoms with Crippen molar-refractivity contribution < 1.29 is 4.92 Å². The highest BCUT2D eigenvalue weighted by Crippen LogP contribution is 2.27. The van der Waals surface area contributed by atoms with E-state index in [2.05, 4.69) is 5.43 Å². The molecule has 0 aliphatic rings. The van der Waals surface area contributed by atoms with Crippen molar-refractivity contribution in [1.29, 1.82) is 0 Å². The number of rotatable bonds is 6. The van der Waals surface area contributed by atoms with E-state index < -0.39 is 4.92 Å². The maximum Gasteiger partial charge on any atom is 0.328 e. The summed E-state index contributed by atoms with van der Waals surface area (Å²) in [6, 6.07) is 4.64. The molecule has 0 aliphatic carbocycles. The van der Waals surface area contributed by atoms with Crippen molar-refractivity contribution in [2.45, 2.75) is 26.4 Å². The molecule has 0 saturated heterocycles. The summed E-state index contributed by atoms with van der Waals surface area (Å²) in [6.45, 7) is 2.85. The Kier molecular flexibility index (Phi) is 4.39. The molecule has 0 spiro atoms. The Morgan fingerprint density at radius 2 is 2.05 bits per heavy atom. The van der Waals surface area contributed by atoms with Crippen LogP contribution in [0.1, 0.15) is 18.9 Å². The van der Waals surface area contributed by atoms with Crippen LogP contribution < -0.4 is 17.0 Å². The van der Waals surface area contributed by atoms with E-state index in [0.29, 0.717) is 12.1 Å². The number of aryl methyl sites for hydroxylation is 1. The van der Waals surface area contributed by atoms with Gasteiger partial charge in [0.1, 0.15) is 5.69 Å². The third-order valence-corrected chi connectivity index (χ3v) is 3.19. The van der Waals surface area contributed by atoms with Gasteiger partial charge in [-0.3, -0.25) is 25.1 Å². The van der Waals surface area contributed by atoms with E-state index in [-0.39, 0.29) is 23.6 Å². The Morgan fingerprint density at radius 1 is 1.33 bits per heavy atom. The monoisotopic (exact) mass is 291 g/mol. The molecule has 2 aromatic rings. The molecule has 0 unspecified atom stereocenters. The molecule has 0 radical (unpaired) electrons. The molecule has 112 valence electrons. The van der Waals surface area contributed by atoms with Gasteiger partial charge in [-0.25, -0.2) is 4.79 Å². The minimum absolute atomic E-state index is 0.115. The Bertz CT molecular complexity index is 704. The lowest BCUT2D eigenvalue weighted by Crippen LogP contribution is -2.25. The zero-order chi connectivity index (χ0) is 15.4. The van der Waals surface area contributed by atoms with Gasteiger partial charge in [-0.1, -0.05) is 19.1 Å². The van der Waals surface area contributed by atoms with Crippen LogP contribution in [0.5, 0.6) is 0 Å². The molecule has 3 N–H and O–H groups in total. The molecule has 2 rings (SSSR count). The summed E-state index contributed by atoms with van der Waals surface area (Å²) >= 11 is 0. The maximum absolute atomic E-state index is 12.1. The van der Waals surface area contributed by atoms with E-state index in [4.69, 9.17) is 5.84 Å². The van der Waals surface area contributed by atoms with E-state index in [1.165, 1.54) is 10.6 Å². The van der Waals surface area contributed by atoms with Gasteiger partial charge in [-0.15, -0.1) is 0 Å². The zero-order valence-electron chi connectivity index (χ0n) is 11.7. The average Bonchev–Trinajstić information content (AvgIpc) is 2.80. The highest BCUT2D eigenvalue weighted by atomic mass is 16.6. The predicted molar refractivity (Wildman–Crippen MR) is 79.0 cm³/mol. The van der Waals surface area contributed by atoms with Crippen LogP contribution in [0.25, 0.3) is 0 Å². The molecule has 0 aliphatic heterocycles. The maximum atomic E-state index is 12.1. The Hall–Kier alpha value is -2.61. The second-order valence-corrected chi connectivity index (χ2v) is 4.61. The van der Waals surface area contributed by atoms with Crippen LogP contribution in [0.3, 0.4) is 0 Å². The van der Waals surface area contributed by atoms with Crippen molar-refractivity contribution in [3.63, 3.8) is 0 Å². The van der Waals surface area contributed by atoms with Gasteiger partial charge >= 0.3 is 5.69 Å². The Morgan fingerprint density at radius 3 is 2.67 bits per heavy atom. The van der Waals surface area contributed by atoms with Crippen molar-refractivity contribution in [3.8, 4) is 0 Å². The lowest BCUT2D eigenvalue weighted by molar-refractivity contribution is -0.384. The summed E-state index contributed by atoms with van der Waals surface area (Å²) in [7, 11) is 0. The van der Waals surface area contributed by atoms with Crippen LogP contribution in [0.15, 0.2) is 35.4 Å². The molecule has 0 saturated carbocycles. The quantitative estimate of drug-likeness (QED) is 0.474. The summed E-state index contributed by atoms with van der Waals surface area (Å²) in [5.74, 6) is 5.39. The minimum Gasteiger partial charge on any atom is -0.318 e. The molecule has 1 heterocycles. The molecule has 0 bridgehead atoms. The summed E-state index contributed by atoms with van der Waals surface area (Å²) in [5, 5.41) is 11.0. The molecular formula is C13H17N5O3. The van der Waals surface area contributed by atoms with Crippen LogP contribution in [-0.4, -0.2) is 14.1 Å². The van der Waals surface area contributed by atoms with Crippen molar-refractivity contribution in [3.05, 3.63) is 56.8 Å². The van der Waals surface area contributed by atoms with Crippen LogP contribution in [0.4, 0.5) is 11.4 Å². The van der Waals surface area contributed by atoms with Crippen LogP contribution in [0.2, 0.25) is 0 Å². The van der Waals surface area contributed by atoms with Gasteiger partial charge in [-0.2, -0.15) is 0 Å². The number of nitrogens with zero attached hydrogens (tertiary/aromatic N) is 3. The van der Waals surface area contributed by atoms with Crippen molar-refractivity contribution in [2.24, 2.45) is 5.84 Å². The largest absolute Gasteiger partial charge is 0.328 e. The van der Waals surface area contributed by atoms with E-state index in [1.54, 1.807) is 29.1 Å². The number of hydrazine groups is 1. The van der Waals surface area contributed by atoms with E-state index >= 15 is 0 Å². The van der Waals surface area contributed by atoms with E-state index in [0.717, 1.165) is 6.42 Å². The number of nitrogens with one attached hydrogen (secondary N) is 1. The lowest BCUT2D eigenvalue weighted by Gasteiger charge is -2.09. The molecule has 21 heavy (non-hydrogen) atoms. The number of anilines is 1. The number of nitrogens with two attached hydrogens (primary N) is 1. The molecule has 0 fully saturated rings. The topological polar surface area (TPSA) is 108 Å². The highest BCUT2D eigenvalue weighted by molar-refractivity contribution is 5.65. The van der Waals surface area contributed by atoms with Gasteiger partial charge in [-0.05, 0) is 6.42 Å². The van der Waals surface area contributed by atoms with Crippen molar-refractivity contribution in [1.82, 2.24) is 9.13 Å². The third kappa shape index (κ3) is 2.95. The van der Waals surface area contributed by atoms with Crippen LogP contribution >= 0.6 is 0 Å². The third-order valence-electron chi connectivity index (χ3n) is 3.19.